The predicted octanol–water partition coefficient (Wildman–Crippen LogP) is 3.71. The highest BCUT2D eigenvalue weighted by molar-refractivity contribution is 8.01. The number of allylic oxidation sites excluding steroid dienone is 3. The number of hydrogen-bond donors (Lipinski definition) is 1. The average Bonchev–Trinajstić information content (AvgIpc) is 2.56. The normalized spacial score (nSPS) is 18.3. The topological polar surface area (TPSA) is 41.1 Å². The van der Waals surface area contributed by atoms with E-state index < -0.39 is 0 Å². The van der Waals surface area contributed by atoms with Gasteiger partial charge in [-0.05, 0) is 62.6 Å². The molecule has 2 heterocycles. The van der Waals surface area contributed by atoms with Crippen molar-refractivity contribution in [2.24, 2.45) is 5.92 Å². The lowest BCUT2D eigenvalue weighted by molar-refractivity contribution is 0.309. The van der Waals surface area contributed by atoms with Crippen molar-refractivity contribution >= 4 is 11.9 Å². The van der Waals surface area contributed by atoms with E-state index in [9.17, 15) is 0 Å². The van der Waals surface area contributed by atoms with Gasteiger partial charge in [0.05, 0.1) is 0 Å². The smallest absolute Gasteiger partial charge is 0.115 e. The number of aryl methyl sites for hydroxylation is 1. The van der Waals surface area contributed by atoms with Crippen molar-refractivity contribution < 1.29 is 0 Å². The molecule has 1 fully saturated rings. The summed E-state index contributed by atoms with van der Waals surface area (Å²) in [4.78, 5) is 9.65. The Morgan fingerprint density at radius 3 is 2.83 bits per heavy atom. The maximum absolute atomic E-state index is 4.25. The molecule has 1 aliphatic heterocycles. The van der Waals surface area contributed by atoms with Gasteiger partial charge in [0.2, 0.25) is 0 Å². The Morgan fingerprint density at radius 2 is 2.17 bits per heavy atom. The van der Waals surface area contributed by atoms with E-state index in [2.05, 4.69) is 45.6 Å². The Labute approximate surface area is 144 Å². The van der Waals surface area contributed by atoms with Gasteiger partial charge in [-0.25, -0.2) is 14.3 Å². The monoisotopic (exact) mass is 332 g/mol. The van der Waals surface area contributed by atoms with Crippen molar-refractivity contribution in [1.82, 2.24) is 19.6 Å². The highest BCUT2D eigenvalue weighted by atomic mass is 32.2. The molecule has 4 nitrogen and oxygen atoms in total. The van der Waals surface area contributed by atoms with Gasteiger partial charge in [-0.15, -0.1) is 0 Å². The van der Waals surface area contributed by atoms with E-state index in [0.717, 1.165) is 18.0 Å². The molecule has 0 bridgehead atoms. The van der Waals surface area contributed by atoms with Gasteiger partial charge in [0.1, 0.15) is 6.33 Å². The molecule has 2 rings (SSSR count). The van der Waals surface area contributed by atoms with Crippen LogP contribution in [0.25, 0.3) is 0 Å². The first kappa shape index (κ1) is 18.0. The Balaban J connectivity index is 1.99. The van der Waals surface area contributed by atoms with E-state index in [1.807, 2.05) is 32.1 Å². The van der Waals surface area contributed by atoms with Crippen LogP contribution in [-0.2, 0) is 6.42 Å². The maximum atomic E-state index is 4.25. The lowest BCUT2D eigenvalue weighted by Gasteiger charge is -2.29. The SMILES string of the molecule is CN/C(C)=C(\C=C\Cc1cncnc1C)SN1CCC(C)CC1. The van der Waals surface area contributed by atoms with Gasteiger partial charge >= 0.3 is 0 Å². The minimum Gasteiger partial charge on any atom is -0.391 e. The average molecular weight is 333 g/mol. The summed E-state index contributed by atoms with van der Waals surface area (Å²) in [5.41, 5.74) is 3.45. The Morgan fingerprint density at radius 1 is 1.43 bits per heavy atom. The third-order valence-corrected chi connectivity index (χ3v) is 5.60. The second-order valence-electron chi connectivity index (χ2n) is 6.18. The lowest BCUT2D eigenvalue weighted by atomic mass is 10.0. The molecule has 0 atom stereocenters. The molecule has 0 aromatic carbocycles. The molecule has 0 spiro atoms. The van der Waals surface area contributed by atoms with Gasteiger partial charge in [-0.1, -0.05) is 13.0 Å². The Bertz CT molecular complexity index is 560. The molecule has 1 N–H and O–H groups in total. The number of aromatic nitrogens is 2. The Hall–Kier alpha value is -1.33. The van der Waals surface area contributed by atoms with Gasteiger partial charge in [0.15, 0.2) is 0 Å². The van der Waals surface area contributed by atoms with Crippen molar-refractivity contribution in [3.63, 3.8) is 0 Å². The molecule has 1 saturated heterocycles. The van der Waals surface area contributed by atoms with Gasteiger partial charge in [0, 0.05) is 42.6 Å². The van der Waals surface area contributed by atoms with E-state index in [1.54, 1.807) is 6.33 Å². The zero-order chi connectivity index (χ0) is 16.7. The molecular weight excluding hydrogens is 304 g/mol. The number of hydrogen-bond acceptors (Lipinski definition) is 5. The van der Waals surface area contributed by atoms with Crippen LogP contribution in [0.3, 0.4) is 0 Å². The molecule has 1 aromatic heterocycles. The summed E-state index contributed by atoms with van der Waals surface area (Å²) in [6, 6.07) is 0. The highest BCUT2D eigenvalue weighted by Gasteiger charge is 2.17. The van der Waals surface area contributed by atoms with Crippen LogP contribution < -0.4 is 5.32 Å². The summed E-state index contributed by atoms with van der Waals surface area (Å²) in [5.74, 6) is 0.862. The summed E-state index contributed by atoms with van der Waals surface area (Å²) < 4.78 is 2.48. The van der Waals surface area contributed by atoms with Crippen LogP contribution in [0, 0.1) is 12.8 Å². The zero-order valence-corrected chi connectivity index (χ0v) is 15.5. The summed E-state index contributed by atoms with van der Waals surface area (Å²) in [6.07, 6.45) is 11.4. The minimum atomic E-state index is 0.862. The third-order valence-electron chi connectivity index (χ3n) is 4.33. The molecule has 5 heteroatoms. The van der Waals surface area contributed by atoms with E-state index in [0.29, 0.717) is 0 Å². The number of nitrogens with one attached hydrogen (secondary N) is 1. The molecule has 0 aliphatic carbocycles. The van der Waals surface area contributed by atoms with E-state index in [4.69, 9.17) is 0 Å². The van der Waals surface area contributed by atoms with Crippen LogP contribution in [0.15, 0.2) is 35.3 Å². The van der Waals surface area contributed by atoms with Crippen molar-refractivity contribution in [1.29, 1.82) is 0 Å². The predicted molar refractivity (Wildman–Crippen MR) is 98.9 cm³/mol. The van der Waals surface area contributed by atoms with Crippen LogP contribution in [0.1, 0.15) is 37.9 Å². The van der Waals surface area contributed by atoms with Crippen LogP contribution in [0.5, 0.6) is 0 Å². The fourth-order valence-electron chi connectivity index (χ4n) is 2.48. The molecule has 0 radical (unpaired) electrons. The van der Waals surface area contributed by atoms with Crippen LogP contribution in [-0.4, -0.2) is 34.4 Å². The second kappa shape index (κ2) is 9.08. The maximum Gasteiger partial charge on any atom is 0.115 e. The first-order valence-electron chi connectivity index (χ1n) is 8.33. The van der Waals surface area contributed by atoms with Crippen LogP contribution in [0.4, 0.5) is 0 Å². The third kappa shape index (κ3) is 5.66. The van der Waals surface area contributed by atoms with Crippen molar-refractivity contribution in [3.8, 4) is 0 Å². The molecule has 1 aromatic rings. The molecule has 0 amide bonds. The summed E-state index contributed by atoms with van der Waals surface area (Å²) in [7, 11) is 1.98. The first-order chi connectivity index (χ1) is 11.1. The minimum absolute atomic E-state index is 0.862. The fourth-order valence-corrected chi connectivity index (χ4v) is 3.54. The number of nitrogens with zero attached hydrogens (tertiary/aromatic N) is 3. The molecular formula is C18H28N4S. The van der Waals surface area contributed by atoms with Crippen molar-refractivity contribution in [2.75, 3.05) is 20.1 Å². The van der Waals surface area contributed by atoms with Crippen molar-refractivity contribution in [3.05, 3.63) is 46.5 Å². The molecule has 0 unspecified atom stereocenters. The van der Waals surface area contributed by atoms with Gasteiger partial charge in [0.25, 0.3) is 0 Å². The summed E-state index contributed by atoms with van der Waals surface area (Å²) in [5, 5.41) is 3.28. The van der Waals surface area contributed by atoms with Crippen LogP contribution >= 0.6 is 11.9 Å². The van der Waals surface area contributed by atoms with Gasteiger partial charge in [-0.3, -0.25) is 0 Å². The largest absolute Gasteiger partial charge is 0.391 e. The van der Waals surface area contributed by atoms with Crippen molar-refractivity contribution in [2.45, 2.75) is 40.0 Å². The standard InChI is InChI=1S/C18H28N4S/c1-14-8-10-22(11-9-14)23-18(16(3)19-4)7-5-6-17-12-20-13-21-15(17)2/h5,7,12-14,19H,6,8-11H2,1-4H3/b7-5+,18-16+. The van der Waals surface area contributed by atoms with Crippen LogP contribution in [0.2, 0.25) is 0 Å². The highest BCUT2D eigenvalue weighted by Crippen LogP contribution is 2.29. The quantitative estimate of drug-likeness (QED) is 0.635. The van der Waals surface area contributed by atoms with Gasteiger partial charge < -0.3 is 5.32 Å². The summed E-state index contributed by atoms with van der Waals surface area (Å²) >= 11 is 1.87. The first-order valence-corrected chi connectivity index (χ1v) is 9.11. The fraction of sp³-hybridized carbons (Fsp3) is 0.556. The zero-order valence-electron chi connectivity index (χ0n) is 14.7. The number of rotatable bonds is 6. The molecule has 23 heavy (non-hydrogen) atoms. The molecule has 1 aliphatic rings. The van der Waals surface area contributed by atoms with E-state index in [1.165, 1.54) is 42.1 Å². The molecule has 126 valence electrons. The lowest BCUT2D eigenvalue weighted by Crippen LogP contribution is -2.27. The summed E-state index contributed by atoms with van der Waals surface area (Å²) in [6.45, 7) is 8.86. The number of piperidine rings is 1. The second-order valence-corrected chi connectivity index (χ2v) is 7.32. The van der Waals surface area contributed by atoms with Gasteiger partial charge in [-0.2, -0.15) is 0 Å². The van der Waals surface area contributed by atoms with E-state index >= 15 is 0 Å². The Kier molecular flexibility index (Phi) is 7.12. The molecule has 0 saturated carbocycles. The van der Waals surface area contributed by atoms with E-state index in [-0.39, 0.29) is 0 Å².